The number of carbonyl (C=O) groups excluding carboxylic acids is 1. The maximum Gasteiger partial charge on any atom is 0.237 e. The minimum atomic E-state index is -0.0813. The van der Waals surface area contributed by atoms with Crippen molar-refractivity contribution in [1.29, 1.82) is 0 Å². The Morgan fingerprint density at radius 3 is 2.61 bits per heavy atom. The van der Waals surface area contributed by atoms with Gasteiger partial charge in [-0.1, -0.05) is 13.8 Å². The van der Waals surface area contributed by atoms with Gasteiger partial charge in [-0.05, 0) is 31.3 Å². The van der Waals surface area contributed by atoms with Crippen LogP contribution in [0.25, 0.3) is 0 Å². The normalized spacial score (nSPS) is 19.9. The average Bonchev–Trinajstić information content (AvgIpc) is 3.19. The van der Waals surface area contributed by atoms with Crippen LogP contribution in [0.1, 0.15) is 33.1 Å². The van der Waals surface area contributed by atoms with E-state index in [2.05, 4.69) is 30.7 Å². The molecule has 2 N–H and O–H groups in total. The van der Waals surface area contributed by atoms with E-state index in [1.54, 1.807) is 11.8 Å². The first-order valence-electron chi connectivity index (χ1n) is 6.85. The van der Waals surface area contributed by atoms with Gasteiger partial charge < -0.3 is 15.4 Å². The number of rotatable bonds is 10. The summed E-state index contributed by atoms with van der Waals surface area (Å²) >= 11 is 1.78. The van der Waals surface area contributed by atoms with Crippen LogP contribution in [0.5, 0.6) is 0 Å². The molecule has 1 aliphatic heterocycles. The van der Waals surface area contributed by atoms with Crippen molar-refractivity contribution in [1.82, 2.24) is 10.6 Å². The molecule has 0 saturated carbocycles. The van der Waals surface area contributed by atoms with Crippen LogP contribution in [-0.2, 0) is 9.53 Å². The lowest BCUT2D eigenvalue weighted by Crippen LogP contribution is -2.48. The molecule has 5 heteroatoms. The number of epoxide rings is 1. The van der Waals surface area contributed by atoms with Crippen molar-refractivity contribution < 1.29 is 9.53 Å². The molecule has 1 rings (SSSR count). The Morgan fingerprint density at radius 2 is 2.11 bits per heavy atom. The smallest absolute Gasteiger partial charge is 0.237 e. The van der Waals surface area contributed by atoms with Crippen LogP contribution in [0.3, 0.4) is 0 Å². The first kappa shape index (κ1) is 15.8. The first-order chi connectivity index (χ1) is 8.71. The minimum Gasteiger partial charge on any atom is -0.372 e. The maximum atomic E-state index is 12.2. The summed E-state index contributed by atoms with van der Waals surface area (Å²) in [5, 5.41) is 6.44. The van der Waals surface area contributed by atoms with Gasteiger partial charge in [0.25, 0.3) is 0 Å². The Morgan fingerprint density at radius 1 is 1.44 bits per heavy atom. The number of hydrogen-bond acceptors (Lipinski definition) is 4. The standard InChI is InChI=1S/C13H26N2O2S/c1-4-10(5-2)15-13(16)12(6-7-18-3)14-8-11-9-17-11/h10-12,14H,4-9H2,1-3H3,(H,15,16). The lowest BCUT2D eigenvalue weighted by molar-refractivity contribution is -0.124. The van der Waals surface area contributed by atoms with Crippen LogP contribution < -0.4 is 10.6 Å². The van der Waals surface area contributed by atoms with Gasteiger partial charge >= 0.3 is 0 Å². The van der Waals surface area contributed by atoms with E-state index in [1.807, 2.05) is 0 Å². The molecule has 0 aromatic carbocycles. The van der Waals surface area contributed by atoms with Gasteiger partial charge in [0.1, 0.15) is 0 Å². The summed E-state index contributed by atoms with van der Waals surface area (Å²) in [6.07, 6.45) is 5.24. The molecule has 0 aromatic heterocycles. The number of carbonyl (C=O) groups is 1. The predicted molar refractivity (Wildman–Crippen MR) is 77.0 cm³/mol. The predicted octanol–water partition coefficient (Wildman–Crippen LogP) is 1.40. The summed E-state index contributed by atoms with van der Waals surface area (Å²) < 4.78 is 5.17. The zero-order valence-electron chi connectivity index (χ0n) is 11.7. The molecule has 0 radical (unpaired) electrons. The second-order valence-corrected chi connectivity index (χ2v) is 5.71. The van der Waals surface area contributed by atoms with Crippen LogP contribution in [0, 0.1) is 0 Å². The average molecular weight is 274 g/mol. The van der Waals surface area contributed by atoms with Crippen molar-refractivity contribution in [3.63, 3.8) is 0 Å². The quantitative estimate of drug-likeness (QED) is 0.591. The number of thioether (sulfide) groups is 1. The van der Waals surface area contributed by atoms with Crippen LogP contribution in [0.15, 0.2) is 0 Å². The van der Waals surface area contributed by atoms with Gasteiger partial charge in [-0.15, -0.1) is 0 Å². The lowest BCUT2D eigenvalue weighted by atomic mass is 10.1. The minimum absolute atomic E-state index is 0.0813. The third-order valence-corrected chi connectivity index (χ3v) is 3.90. The molecule has 0 spiro atoms. The maximum absolute atomic E-state index is 12.2. The number of hydrogen-bond donors (Lipinski definition) is 2. The Labute approximate surface area is 115 Å². The van der Waals surface area contributed by atoms with E-state index in [0.717, 1.165) is 38.2 Å². The van der Waals surface area contributed by atoms with E-state index < -0.39 is 0 Å². The molecule has 1 saturated heterocycles. The van der Waals surface area contributed by atoms with Gasteiger partial charge in [-0.2, -0.15) is 11.8 Å². The molecule has 1 amide bonds. The molecule has 106 valence electrons. The summed E-state index contributed by atoms with van der Waals surface area (Å²) in [7, 11) is 0. The fourth-order valence-electron chi connectivity index (χ4n) is 1.82. The molecule has 0 bridgehead atoms. The molecule has 4 nitrogen and oxygen atoms in total. The zero-order valence-corrected chi connectivity index (χ0v) is 12.5. The highest BCUT2D eigenvalue weighted by molar-refractivity contribution is 7.98. The van der Waals surface area contributed by atoms with Crippen LogP contribution >= 0.6 is 11.8 Å². The van der Waals surface area contributed by atoms with E-state index in [1.165, 1.54) is 0 Å². The van der Waals surface area contributed by atoms with Gasteiger partial charge in [-0.3, -0.25) is 4.79 Å². The molecule has 2 atom stereocenters. The largest absolute Gasteiger partial charge is 0.372 e. The Hall–Kier alpha value is -0.260. The summed E-state index contributed by atoms with van der Waals surface area (Å²) in [5.74, 6) is 1.14. The van der Waals surface area contributed by atoms with Crippen molar-refractivity contribution in [3.05, 3.63) is 0 Å². The first-order valence-corrected chi connectivity index (χ1v) is 8.24. The zero-order chi connectivity index (χ0) is 13.4. The van der Waals surface area contributed by atoms with E-state index in [4.69, 9.17) is 4.74 Å². The molecule has 0 aromatic rings. The van der Waals surface area contributed by atoms with E-state index in [0.29, 0.717) is 12.1 Å². The van der Waals surface area contributed by atoms with E-state index >= 15 is 0 Å². The second-order valence-electron chi connectivity index (χ2n) is 4.72. The summed E-state index contributed by atoms with van der Waals surface area (Å²) in [5.41, 5.74) is 0. The highest BCUT2D eigenvalue weighted by Crippen LogP contribution is 2.09. The summed E-state index contributed by atoms with van der Waals surface area (Å²) in [6.45, 7) is 5.83. The van der Waals surface area contributed by atoms with Crippen LogP contribution in [0.4, 0.5) is 0 Å². The molecule has 1 fully saturated rings. The highest BCUT2D eigenvalue weighted by Gasteiger charge is 2.26. The Bertz CT molecular complexity index is 243. The van der Waals surface area contributed by atoms with Gasteiger partial charge in [0, 0.05) is 12.6 Å². The van der Waals surface area contributed by atoms with Crippen LogP contribution in [0.2, 0.25) is 0 Å². The van der Waals surface area contributed by atoms with Gasteiger partial charge in [-0.25, -0.2) is 0 Å². The second kappa shape index (κ2) is 8.77. The topological polar surface area (TPSA) is 53.7 Å². The van der Waals surface area contributed by atoms with Crippen molar-refractivity contribution in [3.8, 4) is 0 Å². The molecule has 1 aliphatic rings. The molecule has 1 heterocycles. The lowest BCUT2D eigenvalue weighted by Gasteiger charge is -2.21. The Balaban J connectivity index is 2.36. The van der Waals surface area contributed by atoms with Crippen molar-refractivity contribution in [2.75, 3.05) is 25.2 Å². The van der Waals surface area contributed by atoms with Gasteiger partial charge in [0.15, 0.2) is 0 Å². The molecular formula is C13H26N2O2S. The SMILES string of the molecule is CCC(CC)NC(=O)C(CCSC)NCC1CO1. The monoisotopic (exact) mass is 274 g/mol. The molecule has 18 heavy (non-hydrogen) atoms. The summed E-state index contributed by atoms with van der Waals surface area (Å²) in [6, 6.07) is 0.218. The third-order valence-electron chi connectivity index (χ3n) is 3.25. The third kappa shape index (κ3) is 6.07. The number of nitrogens with one attached hydrogen (secondary N) is 2. The summed E-state index contributed by atoms with van der Waals surface area (Å²) in [4.78, 5) is 12.2. The van der Waals surface area contributed by atoms with Gasteiger partial charge in [0.05, 0.1) is 18.8 Å². The van der Waals surface area contributed by atoms with E-state index in [9.17, 15) is 4.79 Å². The van der Waals surface area contributed by atoms with Crippen molar-refractivity contribution >= 4 is 17.7 Å². The van der Waals surface area contributed by atoms with Crippen molar-refractivity contribution in [2.24, 2.45) is 0 Å². The fourth-order valence-corrected chi connectivity index (χ4v) is 2.29. The number of ether oxygens (including phenoxy) is 1. The highest BCUT2D eigenvalue weighted by atomic mass is 32.2. The molecule has 2 unspecified atom stereocenters. The van der Waals surface area contributed by atoms with E-state index in [-0.39, 0.29) is 11.9 Å². The number of amides is 1. The fraction of sp³-hybridized carbons (Fsp3) is 0.923. The molecular weight excluding hydrogens is 248 g/mol. The van der Waals surface area contributed by atoms with Crippen LogP contribution in [-0.4, -0.2) is 49.3 Å². The van der Waals surface area contributed by atoms with Crippen molar-refractivity contribution in [2.45, 2.75) is 51.3 Å². The Kier molecular flexibility index (Phi) is 7.70. The van der Waals surface area contributed by atoms with Gasteiger partial charge in [0.2, 0.25) is 5.91 Å². The molecule has 0 aliphatic carbocycles.